The molecular formula is C25H32N2O2. The van der Waals surface area contributed by atoms with Crippen molar-refractivity contribution < 1.29 is 9.53 Å². The summed E-state index contributed by atoms with van der Waals surface area (Å²) in [7, 11) is 0. The molecule has 2 atom stereocenters. The standard InChI is InChI=1S/C25H32N2O2/c1-19(2)21-8-10-22(11-9-21)25(28)27-13-12-24-23(17-27)18-29-15-14-26(24)16-20-6-4-3-5-7-20/h3-11,19,23-24H,12-18H2,1-2H3/t23-,24-/m1/s1. The van der Waals surface area contributed by atoms with Crippen LogP contribution in [0.1, 0.15) is 47.7 Å². The van der Waals surface area contributed by atoms with Crippen molar-refractivity contribution in [1.82, 2.24) is 9.80 Å². The van der Waals surface area contributed by atoms with Gasteiger partial charge >= 0.3 is 0 Å². The lowest BCUT2D eigenvalue weighted by atomic mass is 9.90. The van der Waals surface area contributed by atoms with Crippen molar-refractivity contribution in [3.05, 3.63) is 71.3 Å². The lowest BCUT2D eigenvalue weighted by Crippen LogP contribution is -2.52. The molecule has 0 unspecified atom stereocenters. The number of piperidine rings is 1. The van der Waals surface area contributed by atoms with Crippen LogP contribution < -0.4 is 0 Å². The van der Waals surface area contributed by atoms with Gasteiger partial charge in [0.1, 0.15) is 0 Å². The Morgan fingerprint density at radius 1 is 1.07 bits per heavy atom. The van der Waals surface area contributed by atoms with E-state index in [0.717, 1.165) is 51.4 Å². The lowest BCUT2D eigenvalue weighted by molar-refractivity contribution is 0.0370. The van der Waals surface area contributed by atoms with Crippen LogP contribution in [0.5, 0.6) is 0 Å². The fourth-order valence-corrected chi connectivity index (χ4v) is 4.64. The largest absolute Gasteiger partial charge is 0.380 e. The highest BCUT2D eigenvalue weighted by Gasteiger charge is 2.36. The molecule has 2 aliphatic heterocycles. The van der Waals surface area contributed by atoms with E-state index in [1.54, 1.807) is 0 Å². The summed E-state index contributed by atoms with van der Waals surface area (Å²) in [4.78, 5) is 17.7. The summed E-state index contributed by atoms with van der Waals surface area (Å²) >= 11 is 0. The molecule has 4 nitrogen and oxygen atoms in total. The van der Waals surface area contributed by atoms with Crippen molar-refractivity contribution in [3.63, 3.8) is 0 Å². The molecule has 1 amide bonds. The van der Waals surface area contributed by atoms with Crippen LogP contribution in [0.3, 0.4) is 0 Å². The molecule has 29 heavy (non-hydrogen) atoms. The van der Waals surface area contributed by atoms with E-state index in [1.165, 1.54) is 11.1 Å². The summed E-state index contributed by atoms with van der Waals surface area (Å²) in [5, 5.41) is 0. The van der Waals surface area contributed by atoms with Gasteiger partial charge in [-0.25, -0.2) is 0 Å². The van der Waals surface area contributed by atoms with Crippen LogP contribution in [0.25, 0.3) is 0 Å². The number of nitrogens with zero attached hydrogens (tertiary/aromatic N) is 2. The predicted molar refractivity (Wildman–Crippen MR) is 116 cm³/mol. The molecule has 154 valence electrons. The number of hydrogen-bond donors (Lipinski definition) is 0. The molecule has 2 heterocycles. The maximum Gasteiger partial charge on any atom is 0.253 e. The Labute approximate surface area is 174 Å². The highest BCUT2D eigenvalue weighted by atomic mass is 16.5. The second-order valence-corrected chi connectivity index (χ2v) is 8.67. The number of fused-ring (bicyclic) bond motifs is 1. The quantitative estimate of drug-likeness (QED) is 0.783. The van der Waals surface area contributed by atoms with E-state index in [4.69, 9.17) is 4.74 Å². The van der Waals surface area contributed by atoms with Crippen LogP contribution in [0.4, 0.5) is 0 Å². The van der Waals surface area contributed by atoms with Crippen molar-refractivity contribution in [2.24, 2.45) is 5.92 Å². The van der Waals surface area contributed by atoms with E-state index in [1.807, 2.05) is 17.0 Å². The summed E-state index contributed by atoms with van der Waals surface area (Å²) < 4.78 is 5.93. The van der Waals surface area contributed by atoms with Crippen molar-refractivity contribution in [2.75, 3.05) is 32.8 Å². The molecule has 2 aromatic rings. The van der Waals surface area contributed by atoms with Crippen molar-refractivity contribution >= 4 is 5.91 Å². The first-order valence-electron chi connectivity index (χ1n) is 10.9. The molecule has 0 radical (unpaired) electrons. The van der Waals surface area contributed by atoms with Crippen molar-refractivity contribution in [3.8, 4) is 0 Å². The number of amides is 1. The van der Waals surface area contributed by atoms with Crippen LogP contribution >= 0.6 is 0 Å². The Bertz CT molecular complexity index is 803. The molecule has 2 saturated heterocycles. The van der Waals surface area contributed by atoms with E-state index < -0.39 is 0 Å². The molecule has 0 aliphatic carbocycles. The molecule has 2 aromatic carbocycles. The maximum atomic E-state index is 13.1. The van der Waals surface area contributed by atoms with Gasteiger partial charge in [0.25, 0.3) is 5.91 Å². The Kier molecular flexibility index (Phi) is 6.31. The Morgan fingerprint density at radius 2 is 1.83 bits per heavy atom. The third kappa shape index (κ3) is 4.71. The lowest BCUT2D eigenvalue weighted by Gasteiger charge is -2.42. The first-order chi connectivity index (χ1) is 14.1. The predicted octanol–water partition coefficient (Wildman–Crippen LogP) is 4.17. The topological polar surface area (TPSA) is 32.8 Å². The number of benzene rings is 2. The van der Waals surface area contributed by atoms with Gasteiger partial charge in [-0.3, -0.25) is 9.69 Å². The Hall–Kier alpha value is -2.17. The van der Waals surface area contributed by atoms with Crippen LogP contribution in [-0.4, -0.2) is 54.6 Å². The van der Waals surface area contributed by atoms with Gasteiger partial charge < -0.3 is 9.64 Å². The van der Waals surface area contributed by atoms with Gasteiger partial charge in [0.05, 0.1) is 13.2 Å². The van der Waals surface area contributed by atoms with E-state index in [9.17, 15) is 4.79 Å². The smallest absolute Gasteiger partial charge is 0.253 e. The maximum absolute atomic E-state index is 13.1. The molecule has 4 rings (SSSR count). The van der Waals surface area contributed by atoms with Crippen LogP contribution in [-0.2, 0) is 11.3 Å². The minimum Gasteiger partial charge on any atom is -0.380 e. The minimum atomic E-state index is 0.151. The molecule has 0 N–H and O–H groups in total. The van der Waals surface area contributed by atoms with Gasteiger partial charge in [-0.05, 0) is 35.6 Å². The van der Waals surface area contributed by atoms with Gasteiger partial charge in [0, 0.05) is 43.7 Å². The average molecular weight is 393 g/mol. The second-order valence-electron chi connectivity index (χ2n) is 8.67. The van der Waals surface area contributed by atoms with Gasteiger partial charge in [-0.2, -0.15) is 0 Å². The summed E-state index contributed by atoms with van der Waals surface area (Å²) in [6.45, 7) is 9.37. The first kappa shape index (κ1) is 20.1. The van der Waals surface area contributed by atoms with E-state index in [0.29, 0.717) is 17.9 Å². The molecule has 0 bridgehead atoms. The first-order valence-corrected chi connectivity index (χ1v) is 10.9. The van der Waals surface area contributed by atoms with Gasteiger partial charge in [-0.1, -0.05) is 56.3 Å². The Balaban J connectivity index is 1.43. The Morgan fingerprint density at radius 3 is 2.55 bits per heavy atom. The van der Waals surface area contributed by atoms with Gasteiger partial charge in [0.15, 0.2) is 0 Å². The van der Waals surface area contributed by atoms with E-state index in [-0.39, 0.29) is 5.91 Å². The average Bonchev–Trinajstić information content (AvgIpc) is 2.95. The highest BCUT2D eigenvalue weighted by Crippen LogP contribution is 2.27. The third-order valence-corrected chi connectivity index (χ3v) is 6.36. The molecular weight excluding hydrogens is 360 g/mol. The zero-order valence-corrected chi connectivity index (χ0v) is 17.6. The number of carbonyl (C=O) groups excluding carboxylic acids is 1. The molecule has 0 spiro atoms. The monoisotopic (exact) mass is 392 g/mol. The molecule has 0 saturated carbocycles. The highest BCUT2D eigenvalue weighted by molar-refractivity contribution is 5.94. The fourth-order valence-electron chi connectivity index (χ4n) is 4.64. The second kappa shape index (κ2) is 9.10. The molecule has 0 aromatic heterocycles. The zero-order chi connectivity index (χ0) is 20.2. The summed E-state index contributed by atoms with van der Waals surface area (Å²) in [5.74, 6) is 1.00. The molecule has 2 fully saturated rings. The van der Waals surface area contributed by atoms with E-state index >= 15 is 0 Å². The zero-order valence-electron chi connectivity index (χ0n) is 17.6. The third-order valence-electron chi connectivity index (χ3n) is 6.36. The van der Waals surface area contributed by atoms with Crippen molar-refractivity contribution in [1.29, 1.82) is 0 Å². The van der Waals surface area contributed by atoms with Crippen LogP contribution in [0.2, 0.25) is 0 Å². The van der Waals surface area contributed by atoms with Crippen LogP contribution in [0.15, 0.2) is 54.6 Å². The summed E-state index contributed by atoms with van der Waals surface area (Å²) in [6.07, 6.45) is 1.01. The number of likely N-dealkylation sites (tertiary alicyclic amines) is 1. The SMILES string of the molecule is CC(C)c1ccc(C(=O)N2CC[C@@H]3[C@@H](COCCN3Cc3ccccc3)C2)cc1. The van der Waals surface area contributed by atoms with Crippen LogP contribution in [0, 0.1) is 5.92 Å². The summed E-state index contributed by atoms with van der Waals surface area (Å²) in [6, 6.07) is 19.3. The fraction of sp³-hybridized carbons (Fsp3) is 0.480. The molecule has 2 aliphatic rings. The molecule has 4 heteroatoms. The van der Waals surface area contributed by atoms with Gasteiger partial charge in [0.2, 0.25) is 0 Å². The van der Waals surface area contributed by atoms with E-state index in [2.05, 4.69) is 61.2 Å². The normalized spacial score (nSPS) is 22.9. The van der Waals surface area contributed by atoms with Gasteiger partial charge in [-0.15, -0.1) is 0 Å². The van der Waals surface area contributed by atoms with Crippen molar-refractivity contribution in [2.45, 2.75) is 38.8 Å². The summed E-state index contributed by atoms with van der Waals surface area (Å²) in [5.41, 5.74) is 3.41. The number of carbonyl (C=O) groups is 1. The number of rotatable bonds is 4. The number of ether oxygens (including phenoxy) is 1. The minimum absolute atomic E-state index is 0.151. The number of hydrogen-bond acceptors (Lipinski definition) is 3.